The van der Waals surface area contributed by atoms with Crippen molar-refractivity contribution in [1.29, 1.82) is 0 Å². The molecule has 1 fully saturated rings. The minimum Gasteiger partial charge on any atom is -0.469 e. The molecule has 0 aromatic carbocycles. The standard InChI is InChI=1S/C11H23N3O4S/c1-12(2)10-5-8-14(9-10)19(16,17)13(3)7-6-11(15)18-4/h10H,5-9H2,1-4H3. The number of carbonyl (C=O) groups excluding carboxylic acids is 1. The Morgan fingerprint density at radius 2 is 2.00 bits per heavy atom. The molecular weight excluding hydrogens is 270 g/mol. The number of hydrogen-bond donors (Lipinski definition) is 0. The number of ether oxygens (including phenoxy) is 1. The van der Waals surface area contributed by atoms with Gasteiger partial charge in [0.25, 0.3) is 10.2 Å². The first-order valence-electron chi connectivity index (χ1n) is 6.23. The van der Waals surface area contributed by atoms with E-state index >= 15 is 0 Å². The first kappa shape index (κ1) is 16.4. The van der Waals surface area contributed by atoms with E-state index in [1.807, 2.05) is 19.0 Å². The second kappa shape index (κ2) is 6.65. The molecule has 0 amide bonds. The number of likely N-dealkylation sites (N-methyl/N-ethyl adjacent to an activating group) is 1. The molecule has 1 rings (SSSR count). The quantitative estimate of drug-likeness (QED) is 0.609. The Bertz CT molecular complexity index is 410. The summed E-state index contributed by atoms with van der Waals surface area (Å²) in [6.45, 7) is 1.16. The van der Waals surface area contributed by atoms with Gasteiger partial charge < -0.3 is 9.64 Å². The van der Waals surface area contributed by atoms with Gasteiger partial charge in [0, 0.05) is 32.7 Å². The normalized spacial score (nSPS) is 21.3. The Hall–Kier alpha value is -0.700. The summed E-state index contributed by atoms with van der Waals surface area (Å²) in [6, 6.07) is 0.254. The smallest absolute Gasteiger partial charge is 0.306 e. The van der Waals surface area contributed by atoms with Crippen molar-refractivity contribution in [3.63, 3.8) is 0 Å². The maximum absolute atomic E-state index is 12.3. The van der Waals surface area contributed by atoms with E-state index in [0.29, 0.717) is 13.1 Å². The molecule has 112 valence electrons. The Kier molecular flexibility index (Phi) is 5.72. The fourth-order valence-electron chi connectivity index (χ4n) is 2.00. The SMILES string of the molecule is COC(=O)CCN(C)S(=O)(=O)N1CCC(N(C)C)C1. The topological polar surface area (TPSA) is 70.2 Å². The van der Waals surface area contributed by atoms with Crippen molar-refractivity contribution in [2.45, 2.75) is 18.9 Å². The second-order valence-electron chi connectivity index (χ2n) is 4.92. The summed E-state index contributed by atoms with van der Waals surface area (Å²) in [4.78, 5) is 13.1. The second-order valence-corrected chi connectivity index (χ2v) is 6.95. The molecule has 0 N–H and O–H groups in total. The van der Waals surface area contributed by atoms with E-state index < -0.39 is 16.2 Å². The lowest BCUT2D eigenvalue weighted by Crippen LogP contribution is -2.43. The van der Waals surface area contributed by atoms with Crippen LogP contribution in [0, 0.1) is 0 Å². The number of hydrogen-bond acceptors (Lipinski definition) is 5. The van der Waals surface area contributed by atoms with Gasteiger partial charge in [0.1, 0.15) is 0 Å². The van der Waals surface area contributed by atoms with Crippen molar-refractivity contribution >= 4 is 16.2 Å². The highest BCUT2D eigenvalue weighted by atomic mass is 32.2. The zero-order chi connectivity index (χ0) is 14.6. The van der Waals surface area contributed by atoms with Crippen LogP contribution in [0.15, 0.2) is 0 Å². The first-order chi connectivity index (χ1) is 8.78. The lowest BCUT2D eigenvalue weighted by atomic mass is 10.2. The van der Waals surface area contributed by atoms with Crippen molar-refractivity contribution in [3.05, 3.63) is 0 Å². The molecule has 0 spiro atoms. The lowest BCUT2D eigenvalue weighted by molar-refractivity contribution is -0.140. The fraction of sp³-hybridized carbons (Fsp3) is 0.909. The average molecular weight is 293 g/mol. The monoisotopic (exact) mass is 293 g/mol. The Morgan fingerprint density at radius 3 is 2.47 bits per heavy atom. The number of rotatable bonds is 6. The molecule has 1 saturated heterocycles. The van der Waals surface area contributed by atoms with Crippen LogP contribution in [0.3, 0.4) is 0 Å². The fourth-order valence-corrected chi connectivity index (χ4v) is 3.42. The molecule has 0 saturated carbocycles. The van der Waals surface area contributed by atoms with Gasteiger partial charge in [0.2, 0.25) is 0 Å². The van der Waals surface area contributed by atoms with Gasteiger partial charge in [-0.1, -0.05) is 0 Å². The highest BCUT2D eigenvalue weighted by molar-refractivity contribution is 7.86. The molecule has 0 bridgehead atoms. The van der Waals surface area contributed by atoms with Crippen LogP contribution in [0.1, 0.15) is 12.8 Å². The molecule has 0 aliphatic carbocycles. The summed E-state index contributed by atoms with van der Waals surface area (Å²) in [5.41, 5.74) is 0. The van der Waals surface area contributed by atoms with Gasteiger partial charge >= 0.3 is 5.97 Å². The molecule has 8 heteroatoms. The third-order valence-electron chi connectivity index (χ3n) is 3.44. The van der Waals surface area contributed by atoms with Gasteiger partial charge in [0.15, 0.2) is 0 Å². The summed E-state index contributed by atoms with van der Waals surface area (Å²) in [7, 11) is 3.19. The average Bonchev–Trinajstić information content (AvgIpc) is 2.85. The zero-order valence-electron chi connectivity index (χ0n) is 12.0. The predicted molar refractivity (Wildman–Crippen MR) is 71.8 cm³/mol. The molecule has 1 unspecified atom stereocenters. The van der Waals surface area contributed by atoms with E-state index in [1.165, 1.54) is 22.8 Å². The molecule has 0 radical (unpaired) electrons. The number of carbonyl (C=O) groups is 1. The molecule has 1 aliphatic heterocycles. The number of esters is 1. The molecule has 0 aromatic heterocycles. The summed E-state index contributed by atoms with van der Waals surface area (Å²) in [5.74, 6) is -0.408. The number of methoxy groups -OCH3 is 1. The third-order valence-corrected chi connectivity index (χ3v) is 5.39. The minimum atomic E-state index is -3.48. The van der Waals surface area contributed by atoms with Crippen molar-refractivity contribution in [2.24, 2.45) is 0 Å². The van der Waals surface area contributed by atoms with Crippen molar-refractivity contribution < 1.29 is 17.9 Å². The van der Waals surface area contributed by atoms with Crippen LogP contribution in [0.2, 0.25) is 0 Å². The van der Waals surface area contributed by atoms with Crippen molar-refractivity contribution in [2.75, 3.05) is 47.9 Å². The van der Waals surface area contributed by atoms with E-state index in [9.17, 15) is 13.2 Å². The summed E-state index contributed by atoms with van der Waals surface area (Å²) >= 11 is 0. The van der Waals surface area contributed by atoms with Gasteiger partial charge in [-0.25, -0.2) is 0 Å². The van der Waals surface area contributed by atoms with Crippen LogP contribution in [-0.2, 0) is 19.7 Å². The van der Waals surface area contributed by atoms with E-state index in [1.54, 1.807) is 0 Å². The third kappa shape index (κ3) is 4.13. The van der Waals surface area contributed by atoms with Crippen molar-refractivity contribution in [3.8, 4) is 0 Å². The van der Waals surface area contributed by atoms with Crippen LogP contribution < -0.4 is 0 Å². The van der Waals surface area contributed by atoms with Crippen LogP contribution >= 0.6 is 0 Å². The van der Waals surface area contributed by atoms with Crippen molar-refractivity contribution in [1.82, 2.24) is 13.5 Å². The van der Waals surface area contributed by atoms with Crippen LogP contribution in [0.4, 0.5) is 0 Å². The van der Waals surface area contributed by atoms with Crippen LogP contribution in [0.25, 0.3) is 0 Å². The highest BCUT2D eigenvalue weighted by Crippen LogP contribution is 2.18. The van der Waals surface area contributed by atoms with Gasteiger partial charge in [-0.15, -0.1) is 0 Å². The molecule has 1 heterocycles. The van der Waals surface area contributed by atoms with Gasteiger partial charge in [0.05, 0.1) is 13.5 Å². The predicted octanol–water partition coefficient (Wildman–Crippen LogP) is -0.638. The zero-order valence-corrected chi connectivity index (χ0v) is 12.8. The van der Waals surface area contributed by atoms with Gasteiger partial charge in [-0.05, 0) is 20.5 Å². The molecule has 7 nitrogen and oxygen atoms in total. The first-order valence-corrected chi connectivity index (χ1v) is 7.63. The van der Waals surface area contributed by atoms with Crippen LogP contribution in [0.5, 0.6) is 0 Å². The molecular formula is C11H23N3O4S. The summed E-state index contributed by atoms with van der Waals surface area (Å²) in [6.07, 6.45) is 0.897. The Morgan fingerprint density at radius 1 is 1.37 bits per heavy atom. The van der Waals surface area contributed by atoms with E-state index in [-0.39, 0.29) is 19.0 Å². The maximum Gasteiger partial charge on any atom is 0.306 e. The number of nitrogens with zero attached hydrogens (tertiary/aromatic N) is 3. The van der Waals surface area contributed by atoms with E-state index in [2.05, 4.69) is 4.74 Å². The van der Waals surface area contributed by atoms with Gasteiger partial charge in [-0.2, -0.15) is 17.0 Å². The lowest BCUT2D eigenvalue weighted by Gasteiger charge is -2.24. The largest absolute Gasteiger partial charge is 0.469 e. The summed E-state index contributed by atoms with van der Waals surface area (Å²) < 4.78 is 31.8. The Labute approximate surface area is 115 Å². The minimum absolute atomic E-state index is 0.0666. The molecule has 1 aliphatic rings. The summed E-state index contributed by atoms with van der Waals surface area (Å²) in [5, 5.41) is 0. The highest BCUT2D eigenvalue weighted by Gasteiger charge is 2.34. The van der Waals surface area contributed by atoms with E-state index in [0.717, 1.165) is 6.42 Å². The van der Waals surface area contributed by atoms with Gasteiger partial charge in [-0.3, -0.25) is 4.79 Å². The van der Waals surface area contributed by atoms with E-state index in [4.69, 9.17) is 0 Å². The van der Waals surface area contributed by atoms with Crippen LogP contribution in [-0.4, -0.2) is 81.8 Å². The Balaban J connectivity index is 2.58. The molecule has 0 aromatic rings. The maximum atomic E-state index is 12.3. The molecule has 1 atom stereocenters. The molecule has 19 heavy (non-hydrogen) atoms.